The number of benzene rings is 1. The molecule has 3 aliphatic rings. The molecular weight excluding hydrogens is 324 g/mol. The van der Waals surface area contributed by atoms with E-state index in [4.69, 9.17) is 0 Å². The molecule has 26 heavy (non-hydrogen) atoms. The highest BCUT2D eigenvalue weighted by Crippen LogP contribution is 2.61. The molecule has 136 valence electrons. The van der Waals surface area contributed by atoms with Gasteiger partial charge in [0.1, 0.15) is 0 Å². The Labute approximate surface area is 154 Å². The van der Waals surface area contributed by atoms with Crippen molar-refractivity contribution in [3.63, 3.8) is 0 Å². The molecule has 2 amide bonds. The van der Waals surface area contributed by atoms with Crippen molar-refractivity contribution in [2.75, 3.05) is 6.54 Å². The summed E-state index contributed by atoms with van der Waals surface area (Å²) >= 11 is 0. The molecule has 1 heterocycles. The summed E-state index contributed by atoms with van der Waals surface area (Å²) in [5, 5.41) is 10.7. The zero-order valence-electron chi connectivity index (χ0n) is 15.0. The number of amides is 2. The first-order chi connectivity index (χ1) is 12.7. The van der Waals surface area contributed by atoms with E-state index in [0.29, 0.717) is 17.3 Å². The molecule has 0 radical (unpaired) electrons. The number of carbonyl (C=O) groups excluding carboxylic acids is 1. The van der Waals surface area contributed by atoms with Crippen molar-refractivity contribution in [2.45, 2.75) is 50.5 Å². The second-order valence-corrected chi connectivity index (χ2v) is 8.31. The summed E-state index contributed by atoms with van der Waals surface area (Å²) in [4.78, 5) is 12.2. The number of para-hydroxylation sites is 1. The summed E-state index contributed by atoms with van der Waals surface area (Å²) in [6.07, 6.45) is 11.7. The standard InChI is InChI=1S/C21H26N4O/c26-20(22-13-16-5-4-8-21(16)9-10-21)24-19-11-18(19)15-12-23-25(14-15)17-6-2-1-3-7-17/h1-3,6-7,12,14,16,18-19H,4-5,8-11,13H2,(H2,22,24,26)/t16?,18-,19+/m0/s1. The van der Waals surface area contributed by atoms with E-state index in [-0.39, 0.29) is 12.1 Å². The average molecular weight is 350 g/mol. The van der Waals surface area contributed by atoms with Crippen LogP contribution in [-0.4, -0.2) is 28.4 Å². The van der Waals surface area contributed by atoms with Gasteiger partial charge in [0.05, 0.1) is 11.9 Å². The van der Waals surface area contributed by atoms with Crippen molar-refractivity contribution < 1.29 is 4.79 Å². The molecule has 3 saturated carbocycles. The lowest BCUT2D eigenvalue weighted by Gasteiger charge is -2.19. The maximum Gasteiger partial charge on any atom is 0.315 e. The first kappa shape index (κ1) is 15.9. The highest BCUT2D eigenvalue weighted by atomic mass is 16.2. The average Bonchev–Trinajstić information content (AvgIpc) is 3.50. The summed E-state index contributed by atoms with van der Waals surface area (Å²) in [5.41, 5.74) is 2.86. The van der Waals surface area contributed by atoms with Crippen molar-refractivity contribution in [1.29, 1.82) is 0 Å². The Bertz CT molecular complexity index is 795. The minimum absolute atomic E-state index is 0.00403. The van der Waals surface area contributed by atoms with Gasteiger partial charge in [-0.1, -0.05) is 24.6 Å². The van der Waals surface area contributed by atoms with Gasteiger partial charge in [0, 0.05) is 24.7 Å². The van der Waals surface area contributed by atoms with Crippen LogP contribution in [0.25, 0.3) is 5.69 Å². The molecule has 1 aromatic carbocycles. The SMILES string of the molecule is O=C(NCC1CCCC12CC2)N[C@@H]1C[C@H]1c1cnn(-c2ccccc2)c1. The van der Waals surface area contributed by atoms with E-state index in [1.807, 2.05) is 41.2 Å². The maximum absolute atomic E-state index is 12.2. The first-order valence-electron chi connectivity index (χ1n) is 9.88. The van der Waals surface area contributed by atoms with Gasteiger partial charge < -0.3 is 10.6 Å². The highest BCUT2D eigenvalue weighted by Gasteiger charge is 2.51. The predicted molar refractivity (Wildman–Crippen MR) is 100 cm³/mol. The van der Waals surface area contributed by atoms with Crippen molar-refractivity contribution in [3.8, 4) is 5.69 Å². The lowest BCUT2D eigenvalue weighted by atomic mass is 9.93. The van der Waals surface area contributed by atoms with E-state index in [2.05, 4.69) is 21.9 Å². The van der Waals surface area contributed by atoms with Crippen LogP contribution in [-0.2, 0) is 0 Å². The Morgan fingerprint density at radius 1 is 1.23 bits per heavy atom. The number of carbonyl (C=O) groups is 1. The lowest BCUT2D eigenvalue weighted by molar-refractivity contribution is 0.235. The Kier molecular flexibility index (Phi) is 3.76. The van der Waals surface area contributed by atoms with Gasteiger partial charge in [-0.3, -0.25) is 0 Å². The second-order valence-electron chi connectivity index (χ2n) is 8.31. The van der Waals surface area contributed by atoms with Crippen LogP contribution in [0.4, 0.5) is 4.79 Å². The third-order valence-corrected chi connectivity index (χ3v) is 6.65. The molecule has 2 aromatic rings. The number of nitrogens with one attached hydrogen (secondary N) is 2. The summed E-state index contributed by atoms with van der Waals surface area (Å²) in [5.74, 6) is 1.09. The predicted octanol–water partition coefficient (Wildman–Crippen LogP) is 3.61. The number of rotatable bonds is 5. The normalized spacial score (nSPS) is 28.1. The van der Waals surface area contributed by atoms with E-state index >= 15 is 0 Å². The topological polar surface area (TPSA) is 59.0 Å². The molecule has 3 atom stereocenters. The van der Waals surface area contributed by atoms with Crippen LogP contribution >= 0.6 is 0 Å². The zero-order chi connectivity index (χ0) is 17.6. The fourth-order valence-corrected chi connectivity index (χ4v) is 4.76. The maximum atomic E-state index is 12.2. The van der Waals surface area contributed by atoms with E-state index in [1.165, 1.54) is 37.7 Å². The van der Waals surface area contributed by atoms with Crippen molar-refractivity contribution in [2.24, 2.45) is 11.3 Å². The van der Waals surface area contributed by atoms with Crippen molar-refractivity contribution in [1.82, 2.24) is 20.4 Å². The molecule has 0 bridgehead atoms. The number of aromatic nitrogens is 2. The quantitative estimate of drug-likeness (QED) is 0.865. The third-order valence-electron chi connectivity index (χ3n) is 6.65. The lowest BCUT2D eigenvalue weighted by Crippen LogP contribution is -2.40. The monoisotopic (exact) mass is 350 g/mol. The van der Waals surface area contributed by atoms with E-state index in [9.17, 15) is 4.79 Å². The van der Waals surface area contributed by atoms with Gasteiger partial charge in [0.25, 0.3) is 0 Å². The van der Waals surface area contributed by atoms with Gasteiger partial charge in [-0.05, 0) is 61.1 Å². The number of hydrogen-bond donors (Lipinski definition) is 2. The summed E-state index contributed by atoms with van der Waals surface area (Å²) in [7, 11) is 0. The third kappa shape index (κ3) is 3.00. The Morgan fingerprint density at radius 3 is 2.88 bits per heavy atom. The number of urea groups is 1. The number of hydrogen-bond acceptors (Lipinski definition) is 2. The Balaban J connectivity index is 1.12. The molecular formula is C21H26N4O. The van der Waals surface area contributed by atoms with Gasteiger partial charge in [0.15, 0.2) is 0 Å². The van der Waals surface area contributed by atoms with Gasteiger partial charge in [-0.2, -0.15) is 5.10 Å². The van der Waals surface area contributed by atoms with Crippen molar-refractivity contribution in [3.05, 3.63) is 48.3 Å². The van der Waals surface area contributed by atoms with E-state index < -0.39 is 0 Å². The van der Waals surface area contributed by atoms with Gasteiger partial charge in [0.2, 0.25) is 0 Å². The molecule has 3 fully saturated rings. The van der Waals surface area contributed by atoms with E-state index in [0.717, 1.165) is 18.7 Å². The molecule has 5 nitrogen and oxygen atoms in total. The van der Waals surface area contributed by atoms with Crippen LogP contribution in [0.5, 0.6) is 0 Å². The molecule has 1 spiro atoms. The summed E-state index contributed by atoms with van der Waals surface area (Å²) < 4.78 is 1.90. The zero-order valence-corrected chi connectivity index (χ0v) is 15.0. The largest absolute Gasteiger partial charge is 0.338 e. The Hall–Kier alpha value is -2.30. The molecule has 0 saturated heterocycles. The van der Waals surface area contributed by atoms with Crippen LogP contribution in [0.1, 0.15) is 50.0 Å². The highest BCUT2D eigenvalue weighted by molar-refractivity contribution is 5.75. The van der Waals surface area contributed by atoms with Crippen LogP contribution in [0.3, 0.4) is 0 Å². The van der Waals surface area contributed by atoms with E-state index in [1.54, 1.807) is 0 Å². The minimum Gasteiger partial charge on any atom is -0.338 e. The fraction of sp³-hybridized carbons (Fsp3) is 0.524. The van der Waals surface area contributed by atoms with Crippen LogP contribution in [0, 0.1) is 11.3 Å². The summed E-state index contributed by atoms with van der Waals surface area (Å²) in [6, 6.07) is 10.4. The fourth-order valence-electron chi connectivity index (χ4n) is 4.76. The smallest absolute Gasteiger partial charge is 0.315 e. The van der Waals surface area contributed by atoms with Gasteiger partial charge in [-0.25, -0.2) is 9.48 Å². The molecule has 2 N–H and O–H groups in total. The van der Waals surface area contributed by atoms with Crippen molar-refractivity contribution >= 4 is 6.03 Å². The minimum atomic E-state index is -0.00403. The first-order valence-corrected chi connectivity index (χ1v) is 9.88. The molecule has 0 aliphatic heterocycles. The van der Waals surface area contributed by atoms with Crippen LogP contribution in [0.15, 0.2) is 42.7 Å². The molecule has 1 aromatic heterocycles. The Morgan fingerprint density at radius 2 is 2.08 bits per heavy atom. The molecule has 5 rings (SSSR count). The molecule has 1 unspecified atom stereocenters. The van der Waals surface area contributed by atoms with Crippen LogP contribution < -0.4 is 10.6 Å². The van der Waals surface area contributed by atoms with Gasteiger partial charge in [-0.15, -0.1) is 0 Å². The molecule has 5 heteroatoms. The van der Waals surface area contributed by atoms with Crippen LogP contribution in [0.2, 0.25) is 0 Å². The van der Waals surface area contributed by atoms with Gasteiger partial charge >= 0.3 is 6.03 Å². The second kappa shape index (κ2) is 6.15. The summed E-state index contributed by atoms with van der Waals surface area (Å²) in [6.45, 7) is 0.842. The molecule has 3 aliphatic carbocycles. The number of nitrogens with zero attached hydrogens (tertiary/aromatic N) is 2.